The Morgan fingerprint density at radius 3 is 2.33 bits per heavy atom. The van der Waals surface area contributed by atoms with Crippen LogP contribution in [0.5, 0.6) is 11.5 Å². The van der Waals surface area contributed by atoms with Crippen LogP contribution in [0.1, 0.15) is 6.92 Å². The Hall–Kier alpha value is -0.550. The van der Waals surface area contributed by atoms with E-state index in [0.29, 0.717) is 11.5 Å². The summed E-state index contributed by atoms with van der Waals surface area (Å²) < 4.78 is 11.9. The van der Waals surface area contributed by atoms with Gasteiger partial charge in [0, 0.05) is 0 Å². The zero-order valence-electron chi connectivity index (χ0n) is 8.34. The van der Waals surface area contributed by atoms with Gasteiger partial charge in [0.05, 0.1) is 16.1 Å². The van der Waals surface area contributed by atoms with Crippen LogP contribution in [-0.2, 0) is 4.79 Å². The fourth-order valence-corrected chi connectivity index (χ4v) is 1.88. The summed E-state index contributed by atoms with van der Waals surface area (Å²) in [6, 6.07) is 3.53. The molecule has 5 heteroatoms. The maximum Gasteiger partial charge on any atom is 0.167 e. The van der Waals surface area contributed by atoms with Gasteiger partial charge in [0.15, 0.2) is 5.78 Å². The molecule has 0 saturated heterocycles. The number of carbonyl (C=O) groups is 1. The molecular formula is C10H10Br2O3. The maximum absolute atomic E-state index is 10.8. The van der Waals surface area contributed by atoms with Crippen LogP contribution in [0, 0.1) is 0 Å². The minimum atomic E-state index is -0.0196. The quantitative estimate of drug-likeness (QED) is 0.846. The summed E-state index contributed by atoms with van der Waals surface area (Å²) in [5.74, 6) is 1.30. The van der Waals surface area contributed by atoms with Crippen molar-refractivity contribution in [3.05, 3.63) is 21.1 Å². The molecular weight excluding hydrogens is 328 g/mol. The van der Waals surface area contributed by atoms with E-state index in [1.165, 1.54) is 6.92 Å². The monoisotopic (exact) mass is 336 g/mol. The van der Waals surface area contributed by atoms with E-state index in [-0.39, 0.29) is 12.4 Å². The molecule has 0 aliphatic rings. The van der Waals surface area contributed by atoms with Gasteiger partial charge in [-0.15, -0.1) is 0 Å². The predicted octanol–water partition coefficient (Wildman–Crippen LogP) is 3.19. The molecule has 3 nitrogen and oxygen atoms in total. The number of Topliss-reactive ketones (excluding diaryl/α,β-unsaturated/α-hetero) is 1. The van der Waals surface area contributed by atoms with Crippen LogP contribution in [0.25, 0.3) is 0 Å². The van der Waals surface area contributed by atoms with Gasteiger partial charge < -0.3 is 9.47 Å². The fourth-order valence-electron chi connectivity index (χ4n) is 0.957. The van der Waals surface area contributed by atoms with Gasteiger partial charge in [-0.25, -0.2) is 0 Å². The molecule has 0 heterocycles. The van der Waals surface area contributed by atoms with Crippen LogP contribution < -0.4 is 9.47 Å². The molecule has 0 amide bonds. The molecule has 0 radical (unpaired) electrons. The number of hydrogen-bond acceptors (Lipinski definition) is 3. The Morgan fingerprint density at radius 1 is 1.27 bits per heavy atom. The van der Waals surface area contributed by atoms with Crippen molar-refractivity contribution in [2.75, 3.05) is 13.7 Å². The van der Waals surface area contributed by atoms with E-state index in [2.05, 4.69) is 31.9 Å². The Balaban J connectivity index is 2.90. The van der Waals surface area contributed by atoms with E-state index < -0.39 is 0 Å². The Bertz CT molecular complexity index is 377. The zero-order valence-corrected chi connectivity index (χ0v) is 11.5. The molecule has 1 aromatic rings. The lowest BCUT2D eigenvalue weighted by Crippen LogP contribution is -2.06. The highest BCUT2D eigenvalue weighted by molar-refractivity contribution is 9.11. The van der Waals surface area contributed by atoms with Crippen LogP contribution in [0.15, 0.2) is 21.1 Å². The molecule has 0 aliphatic carbocycles. The molecule has 0 fully saturated rings. The third-order valence-corrected chi connectivity index (χ3v) is 2.88. The summed E-state index contributed by atoms with van der Waals surface area (Å²) in [6.07, 6.45) is 0. The van der Waals surface area contributed by atoms with Gasteiger partial charge in [0.25, 0.3) is 0 Å². The first-order valence-corrected chi connectivity index (χ1v) is 5.78. The molecule has 0 spiro atoms. The molecule has 0 bridgehead atoms. The number of halogens is 2. The lowest BCUT2D eigenvalue weighted by molar-refractivity contribution is -0.118. The zero-order chi connectivity index (χ0) is 11.4. The summed E-state index contributed by atoms with van der Waals surface area (Å²) in [5, 5.41) is 0. The van der Waals surface area contributed by atoms with Crippen molar-refractivity contribution in [2.45, 2.75) is 6.92 Å². The molecule has 1 rings (SSSR count). The van der Waals surface area contributed by atoms with Gasteiger partial charge in [0.1, 0.15) is 18.1 Å². The average Bonchev–Trinajstić information content (AvgIpc) is 2.18. The highest BCUT2D eigenvalue weighted by Gasteiger charge is 2.08. The van der Waals surface area contributed by atoms with Crippen LogP contribution in [0.3, 0.4) is 0 Å². The maximum atomic E-state index is 10.8. The van der Waals surface area contributed by atoms with Crippen molar-refractivity contribution < 1.29 is 14.3 Å². The SMILES string of the molecule is COc1cc(Br)c(OCC(C)=O)cc1Br. The topological polar surface area (TPSA) is 35.5 Å². The molecule has 15 heavy (non-hydrogen) atoms. The largest absolute Gasteiger partial charge is 0.496 e. The molecule has 82 valence electrons. The Kier molecular flexibility index (Phi) is 4.60. The molecule has 0 saturated carbocycles. The van der Waals surface area contributed by atoms with Gasteiger partial charge in [-0.3, -0.25) is 4.79 Å². The third-order valence-electron chi connectivity index (χ3n) is 1.64. The second kappa shape index (κ2) is 5.51. The predicted molar refractivity (Wildman–Crippen MR) is 64.6 cm³/mol. The average molecular weight is 338 g/mol. The van der Waals surface area contributed by atoms with E-state index in [4.69, 9.17) is 9.47 Å². The lowest BCUT2D eigenvalue weighted by Gasteiger charge is -2.09. The third kappa shape index (κ3) is 3.50. The van der Waals surface area contributed by atoms with E-state index in [0.717, 1.165) is 8.95 Å². The number of ether oxygens (including phenoxy) is 2. The van der Waals surface area contributed by atoms with E-state index in [9.17, 15) is 4.79 Å². The number of rotatable bonds is 4. The highest BCUT2D eigenvalue weighted by Crippen LogP contribution is 2.35. The van der Waals surface area contributed by atoms with Gasteiger partial charge in [-0.1, -0.05) is 0 Å². The van der Waals surface area contributed by atoms with Crippen molar-refractivity contribution in [1.29, 1.82) is 0 Å². The van der Waals surface area contributed by atoms with Gasteiger partial charge in [0.2, 0.25) is 0 Å². The second-order valence-electron chi connectivity index (χ2n) is 2.91. The standard InChI is InChI=1S/C10H10Br2O3/c1-6(13)5-15-10-4-7(11)9(14-2)3-8(10)12/h3-4H,5H2,1-2H3. The lowest BCUT2D eigenvalue weighted by atomic mass is 10.3. The first kappa shape index (κ1) is 12.5. The van der Waals surface area contributed by atoms with Crippen molar-refractivity contribution in [1.82, 2.24) is 0 Å². The molecule has 0 unspecified atom stereocenters. The number of ketones is 1. The van der Waals surface area contributed by atoms with E-state index in [1.54, 1.807) is 19.2 Å². The summed E-state index contributed by atoms with van der Waals surface area (Å²) in [6.45, 7) is 1.55. The number of hydrogen-bond donors (Lipinski definition) is 0. The number of methoxy groups -OCH3 is 1. The minimum absolute atomic E-state index is 0.0196. The van der Waals surface area contributed by atoms with Crippen LogP contribution >= 0.6 is 31.9 Å². The molecule has 1 aromatic carbocycles. The number of carbonyl (C=O) groups excluding carboxylic acids is 1. The highest BCUT2D eigenvalue weighted by atomic mass is 79.9. The van der Waals surface area contributed by atoms with Crippen LogP contribution in [-0.4, -0.2) is 19.5 Å². The Labute approximate surface area is 105 Å². The summed E-state index contributed by atoms with van der Waals surface area (Å²) in [7, 11) is 1.59. The number of benzene rings is 1. The van der Waals surface area contributed by atoms with Gasteiger partial charge in [-0.2, -0.15) is 0 Å². The van der Waals surface area contributed by atoms with Gasteiger partial charge in [-0.05, 0) is 50.9 Å². The first-order chi connectivity index (χ1) is 7.04. The molecule has 0 atom stereocenters. The molecule has 0 N–H and O–H groups in total. The molecule has 0 aliphatic heterocycles. The smallest absolute Gasteiger partial charge is 0.167 e. The van der Waals surface area contributed by atoms with Crippen LogP contribution in [0.4, 0.5) is 0 Å². The van der Waals surface area contributed by atoms with Crippen molar-refractivity contribution in [3.63, 3.8) is 0 Å². The fraction of sp³-hybridized carbons (Fsp3) is 0.300. The van der Waals surface area contributed by atoms with Crippen molar-refractivity contribution in [3.8, 4) is 11.5 Å². The van der Waals surface area contributed by atoms with Gasteiger partial charge >= 0.3 is 0 Å². The Morgan fingerprint density at radius 2 is 1.80 bits per heavy atom. The normalized spacial score (nSPS) is 9.87. The van der Waals surface area contributed by atoms with Crippen LogP contribution in [0.2, 0.25) is 0 Å². The summed E-state index contributed by atoms with van der Waals surface area (Å²) in [4.78, 5) is 10.8. The summed E-state index contributed by atoms with van der Waals surface area (Å²) in [5.41, 5.74) is 0. The van der Waals surface area contributed by atoms with E-state index >= 15 is 0 Å². The molecule has 0 aromatic heterocycles. The van der Waals surface area contributed by atoms with Crippen molar-refractivity contribution >= 4 is 37.6 Å². The second-order valence-corrected chi connectivity index (χ2v) is 4.62. The van der Waals surface area contributed by atoms with E-state index in [1.807, 2.05) is 0 Å². The summed E-state index contributed by atoms with van der Waals surface area (Å²) >= 11 is 6.67. The van der Waals surface area contributed by atoms with Crippen molar-refractivity contribution in [2.24, 2.45) is 0 Å². The first-order valence-electron chi connectivity index (χ1n) is 4.20. The minimum Gasteiger partial charge on any atom is -0.496 e.